The van der Waals surface area contributed by atoms with Gasteiger partial charge in [0.2, 0.25) is 5.91 Å². The molecule has 1 aromatic carbocycles. The van der Waals surface area contributed by atoms with E-state index in [4.69, 9.17) is 10.5 Å². The molecule has 0 saturated heterocycles. The average molecular weight is 250 g/mol. The van der Waals surface area contributed by atoms with Crippen LogP contribution in [-0.2, 0) is 9.53 Å². The van der Waals surface area contributed by atoms with E-state index in [9.17, 15) is 4.79 Å². The topological polar surface area (TPSA) is 64.3 Å². The fraction of sp³-hybridized carbons (Fsp3) is 0.500. The molecule has 1 amide bonds. The number of benzene rings is 1. The number of nitrogens with one attached hydrogen (secondary N) is 1. The summed E-state index contributed by atoms with van der Waals surface area (Å²) < 4.78 is 5.39. The molecule has 1 rings (SSSR count). The van der Waals surface area contributed by atoms with E-state index in [1.165, 1.54) is 0 Å². The van der Waals surface area contributed by atoms with Crippen LogP contribution in [0.3, 0.4) is 0 Å². The number of unbranched alkanes of at least 4 members (excludes halogenated alkanes) is 1. The molecule has 0 radical (unpaired) electrons. The molecular weight excluding hydrogens is 228 g/mol. The zero-order chi connectivity index (χ0) is 13.2. The summed E-state index contributed by atoms with van der Waals surface area (Å²) in [6, 6.07) is 7.25. The van der Waals surface area contributed by atoms with E-state index in [0.29, 0.717) is 24.4 Å². The van der Waals surface area contributed by atoms with Crippen LogP contribution in [0.15, 0.2) is 24.3 Å². The minimum absolute atomic E-state index is 0.0213. The van der Waals surface area contributed by atoms with Gasteiger partial charge in [-0.05, 0) is 25.0 Å². The molecule has 0 spiro atoms. The molecule has 0 unspecified atom stereocenters. The van der Waals surface area contributed by atoms with Crippen LogP contribution >= 0.6 is 0 Å². The van der Waals surface area contributed by atoms with Crippen molar-refractivity contribution in [3.8, 4) is 0 Å². The minimum Gasteiger partial charge on any atom is -0.397 e. The first kappa shape index (κ1) is 14.5. The van der Waals surface area contributed by atoms with Crippen molar-refractivity contribution in [3.05, 3.63) is 24.3 Å². The highest BCUT2D eigenvalue weighted by Gasteiger charge is 2.04. The van der Waals surface area contributed by atoms with Crippen LogP contribution in [0.4, 0.5) is 11.4 Å². The summed E-state index contributed by atoms with van der Waals surface area (Å²) in [6.45, 7) is 3.54. The third-order valence-corrected chi connectivity index (χ3v) is 2.57. The zero-order valence-corrected chi connectivity index (χ0v) is 10.9. The number of nitrogens with two attached hydrogens (primary N) is 1. The van der Waals surface area contributed by atoms with Crippen LogP contribution in [0.25, 0.3) is 0 Å². The number of ether oxygens (including phenoxy) is 1. The van der Waals surface area contributed by atoms with Crippen molar-refractivity contribution in [2.45, 2.75) is 32.6 Å². The lowest BCUT2D eigenvalue weighted by Crippen LogP contribution is -2.13. The molecule has 0 aliphatic rings. The molecule has 0 saturated carbocycles. The van der Waals surface area contributed by atoms with Gasteiger partial charge >= 0.3 is 0 Å². The van der Waals surface area contributed by atoms with Crippen LogP contribution in [0, 0.1) is 0 Å². The van der Waals surface area contributed by atoms with E-state index >= 15 is 0 Å². The van der Waals surface area contributed by atoms with Gasteiger partial charge in [-0.25, -0.2) is 0 Å². The number of anilines is 2. The Morgan fingerprint density at radius 2 is 2.00 bits per heavy atom. The van der Waals surface area contributed by atoms with Gasteiger partial charge in [0.15, 0.2) is 0 Å². The Morgan fingerprint density at radius 3 is 2.72 bits per heavy atom. The van der Waals surface area contributed by atoms with Gasteiger partial charge in [-0.1, -0.05) is 25.5 Å². The summed E-state index contributed by atoms with van der Waals surface area (Å²) in [5.74, 6) is -0.0213. The van der Waals surface area contributed by atoms with E-state index in [0.717, 1.165) is 25.9 Å². The SMILES string of the molecule is CCCCOCCCC(=O)Nc1ccccc1N. The molecule has 3 N–H and O–H groups in total. The highest BCUT2D eigenvalue weighted by Crippen LogP contribution is 2.16. The number of amides is 1. The van der Waals surface area contributed by atoms with Crippen molar-refractivity contribution in [2.24, 2.45) is 0 Å². The second kappa shape index (κ2) is 8.53. The van der Waals surface area contributed by atoms with E-state index in [1.54, 1.807) is 12.1 Å². The second-order valence-electron chi connectivity index (χ2n) is 4.20. The average Bonchev–Trinajstić information content (AvgIpc) is 2.36. The number of carbonyl (C=O) groups is 1. The number of nitrogen functional groups attached to an aromatic ring is 1. The first-order chi connectivity index (χ1) is 8.74. The van der Waals surface area contributed by atoms with Crippen molar-refractivity contribution < 1.29 is 9.53 Å². The lowest BCUT2D eigenvalue weighted by Gasteiger charge is -2.07. The smallest absolute Gasteiger partial charge is 0.224 e. The van der Waals surface area contributed by atoms with Crippen molar-refractivity contribution in [1.82, 2.24) is 0 Å². The predicted octanol–water partition coefficient (Wildman–Crippen LogP) is 2.80. The van der Waals surface area contributed by atoms with Gasteiger partial charge in [0, 0.05) is 19.6 Å². The fourth-order valence-corrected chi connectivity index (χ4v) is 1.51. The quantitative estimate of drug-likeness (QED) is 0.551. The molecule has 1 aromatic rings. The number of carbonyl (C=O) groups excluding carboxylic acids is 1. The first-order valence-corrected chi connectivity index (χ1v) is 6.46. The van der Waals surface area contributed by atoms with Gasteiger partial charge in [0.25, 0.3) is 0 Å². The van der Waals surface area contributed by atoms with E-state index in [-0.39, 0.29) is 5.91 Å². The van der Waals surface area contributed by atoms with Gasteiger partial charge in [0.1, 0.15) is 0 Å². The highest BCUT2D eigenvalue weighted by molar-refractivity contribution is 5.93. The van der Waals surface area contributed by atoms with Crippen LogP contribution in [-0.4, -0.2) is 19.1 Å². The van der Waals surface area contributed by atoms with Gasteiger partial charge in [-0.3, -0.25) is 4.79 Å². The van der Waals surface area contributed by atoms with Crippen molar-refractivity contribution in [3.63, 3.8) is 0 Å². The highest BCUT2D eigenvalue weighted by atomic mass is 16.5. The first-order valence-electron chi connectivity index (χ1n) is 6.46. The predicted molar refractivity (Wildman–Crippen MR) is 74.4 cm³/mol. The van der Waals surface area contributed by atoms with Crippen LogP contribution in [0.5, 0.6) is 0 Å². The molecule has 0 fully saturated rings. The van der Waals surface area contributed by atoms with E-state index in [2.05, 4.69) is 12.2 Å². The number of hydrogen-bond acceptors (Lipinski definition) is 3. The molecule has 100 valence electrons. The largest absolute Gasteiger partial charge is 0.397 e. The van der Waals surface area contributed by atoms with E-state index in [1.807, 2.05) is 12.1 Å². The lowest BCUT2D eigenvalue weighted by atomic mass is 10.2. The molecule has 0 bridgehead atoms. The molecule has 18 heavy (non-hydrogen) atoms. The maximum atomic E-state index is 11.6. The number of para-hydroxylation sites is 2. The molecular formula is C14H22N2O2. The summed E-state index contributed by atoms with van der Waals surface area (Å²) in [5.41, 5.74) is 7.00. The molecule has 4 heteroatoms. The molecule has 0 atom stereocenters. The van der Waals surface area contributed by atoms with Crippen molar-refractivity contribution in [1.29, 1.82) is 0 Å². The molecule has 0 heterocycles. The zero-order valence-electron chi connectivity index (χ0n) is 10.9. The number of hydrogen-bond donors (Lipinski definition) is 2. The summed E-state index contributed by atoms with van der Waals surface area (Å²) in [5, 5.41) is 2.79. The Hall–Kier alpha value is -1.55. The summed E-state index contributed by atoms with van der Waals surface area (Å²) in [4.78, 5) is 11.6. The number of rotatable bonds is 8. The third kappa shape index (κ3) is 5.68. The van der Waals surface area contributed by atoms with Crippen LogP contribution in [0.2, 0.25) is 0 Å². The lowest BCUT2D eigenvalue weighted by molar-refractivity contribution is -0.116. The molecule has 0 aliphatic heterocycles. The molecule has 0 aromatic heterocycles. The molecule has 4 nitrogen and oxygen atoms in total. The van der Waals surface area contributed by atoms with E-state index < -0.39 is 0 Å². The Morgan fingerprint density at radius 1 is 1.28 bits per heavy atom. The second-order valence-corrected chi connectivity index (χ2v) is 4.20. The molecule has 0 aliphatic carbocycles. The fourth-order valence-electron chi connectivity index (χ4n) is 1.51. The standard InChI is InChI=1S/C14H22N2O2/c1-2-3-10-18-11-6-9-14(17)16-13-8-5-4-7-12(13)15/h4-5,7-8H,2-3,6,9-11,15H2,1H3,(H,16,17). The summed E-state index contributed by atoms with van der Waals surface area (Å²) >= 11 is 0. The van der Waals surface area contributed by atoms with Crippen LogP contribution in [0.1, 0.15) is 32.6 Å². The summed E-state index contributed by atoms with van der Waals surface area (Å²) in [6.07, 6.45) is 3.41. The minimum atomic E-state index is -0.0213. The Bertz CT molecular complexity index is 367. The van der Waals surface area contributed by atoms with Gasteiger partial charge in [-0.2, -0.15) is 0 Å². The Labute approximate surface area is 109 Å². The van der Waals surface area contributed by atoms with Crippen LogP contribution < -0.4 is 11.1 Å². The van der Waals surface area contributed by atoms with Gasteiger partial charge in [-0.15, -0.1) is 0 Å². The Kier molecular flexibility index (Phi) is 6.87. The Balaban J connectivity index is 2.16. The van der Waals surface area contributed by atoms with Gasteiger partial charge in [0.05, 0.1) is 11.4 Å². The van der Waals surface area contributed by atoms with Crippen molar-refractivity contribution >= 4 is 17.3 Å². The maximum absolute atomic E-state index is 11.6. The van der Waals surface area contributed by atoms with Gasteiger partial charge < -0.3 is 15.8 Å². The maximum Gasteiger partial charge on any atom is 0.224 e. The monoisotopic (exact) mass is 250 g/mol. The van der Waals surface area contributed by atoms with Crippen molar-refractivity contribution in [2.75, 3.05) is 24.3 Å². The normalized spacial score (nSPS) is 10.3. The summed E-state index contributed by atoms with van der Waals surface area (Å²) in [7, 11) is 0. The third-order valence-electron chi connectivity index (χ3n) is 2.57.